The van der Waals surface area contributed by atoms with Crippen LogP contribution in [0.4, 0.5) is 0 Å². The summed E-state index contributed by atoms with van der Waals surface area (Å²) in [6, 6.07) is 6.87. The lowest BCUT2D eigenvalue weighted by molar-refractivity contribution is 0.444. The van der Waals surface area contributed by atoms with E-state index in [1.165, 1.54) is 37.8 Å². The third kappa shape index (κ3) is 2.88. The largest absolute Gasteiger partial charge is 0.308 e. The Morgan fingerprint density at radius 2 is 2.15 bits per heavy atom. The zero-order chi connectivity index (χ0) is 13.9. The molecule has 0 aromatic carbocycles. The van der Waals surface area contributed by atoms with Crippen molar-refractivity contribution in [2.75, 3.05) is 0 Å². The maximum atomic E-state index is 4.63. The normalized spacial score (nSPS) is 23.9. The Hall–Kier alpha value is -1.35. The summed E-state index contributed by atoms with van der Waals surface area (Å²) in [7, 11) is 0. The molecule has 0 radical (unpaired) electrons. The Morgan fingerprint density at radius 1 is 1.25 bits per heavy atom. The molecule has 3 rings (SSSR count). The average molecular weight is 271 g/mol. The lowest BCUT2D eigenvalue weighted by Crippen LogP contribution is -2.28. The van der Waals surface area contributed by atoms with Crippen LogP contribution in [0.5, 0.6) is 0 Å². The summed E-state index contributed by atoms with van der Waals surface area (Å²) in [4.78, 5) is 4.63. The molecule has 2 atom stereocenters. The highest BCUT2D eigenvalue weighted by Gasteiger charge is 2.16. The van der Waals surface area contributed by atoms with Crippen LogP contribution in [0.2, 0.25) is 0 Å². The van der Waals surface area contributed by atoms with Gasteiger partial charge in [0.25, 0.3) is 0 Å². The van der Waals surface area contributed by atoms with E-state index in [-0.39, 0.29) is 0 Å². The molecule has 0 bridgehead atoms. The number of hydrogen-bond acceptors (Lipinski definition) is 2. The molecular weight excluding hydrogens is 246 g/mol. The van der Waals surface area contributed by atoms with Crippen molar-refractivity contribution in [3.63, 3.8) is 0 Å². The van der Waals surface area contributed by atoms with Crippen LogP contribution >= 0.6 is 0 Å². The van der Waals surface area contributed by atoms with Gasteiger partial charge in [0.2, 0.25) is 0 Å². The minimum Gasteiger partial charge on any atom is -0.308 e. The standard InChI is InChI=1S/C17H25N3/c1-13-6-5-7-15(10-9-13)18-12-16-14(2)19-17-8-3-4-11-20(16)17/h3-4,8,11,13,15,18H,5-7,9-10,12H2,1-2H3. The number of imidazole rings is 1. The number of aryl methyl sites for hydroxylation is 1. The zero-order valence-corrected chi connectivity index (χ0v) is 12.6. The molecule has 0 aliphatic heterocycles. The first kappa shape index (κ1) is 13.6. The lowest BCUT2D eigenvalue weighted by atomic mass is 10.0. The van der Waals surface area contributed by atoms with Crippen LogP contribution < -0.4 is 5.32 Å². The smallest absolute Gasteiger partial charge is 0.137 e. The number of fused-ring (bicyclic) bond motifs is 1. The zero-order valence-electron chi connectivity index (χ0n) is 12.6. The number of rotatable bonds is 3. The Labute approximate surface area is 121 Å². The van der Waals surface area contributed by atoms with Crippen LogP contribution in [0.1, 0.15) is 50.4 Å². The maximum absolute atomic E-state index is 4.63. The topological polar surface area (TPSA) is 29.3 Å². The summed E-state index contributed by atoms with van der Waals surface area (Å²) >= 11 is 0. The summed E-state index contributed by atoms with van der Waals surface area (Å²) < 4.78 is 2.21. The number of nitrogens with zero attached hydrogens (tertiary/aromatic N) is 2. The minimum atomic E-state index is 0.675. The van der Waals surface area contributed by atoms with Gasteiger partial charge in [0, 0.05) is 18.8 Å². The minimum absolute atomic E-state index is 0.675. The van der Waals surface area contributed by atoms with E-state index in [0.717, 1.165) is 23.8 Å². The van der Waals surface area contributed by atoms with Crippen molar-refractivity contribution >= 4 is 5.65 Å². The van der Waals surface area contributed by atoms with E-state index in [2.05, 4.69) is 46.9 Å². The molecule has 0 saturated heterocycles. The van der Waals surface area contributed by atoms with Crippen LogP contribution in [0.15, 0.2) is 24.4 Å². The van der Waals surface area contributed by atoms with E-state index in [1.807, 2.05) is 6.07 Å². The van der Waals surface area contributed by atoms with Crippen LogP contribution in [-0.4, -0.2) is 15.4 Å². The molecule has 1 N–H and O–H groups in total. The SMILES string of the molecule is Cc1nc2ccccn2c1CNC1CCCC(C)CC1. The van der Waals surface area contributed by atoms with Gasteiger partial charge in [-0.25, -0.2) is 4.98 Å². The monoisotopic (exact) mass is 271 g/mol. The van der Waals surface area contributed by atoms with E-state index in [9.17, 15) is 0 Å². The van der Waals surface area contributed by atoms with Gasteiger partial charge in [-0.05, 0) is 44.2 Å². The second-order valence-corrected chi connectivity index (χ2v) is 6.26. The fourth-order valence-electron chi connectivity index (χ4n) is 3.31. The summed E-state index contributed by atoms with van der Waals surface area (Å²) in [5, 5.41) is 3.76. The Morgan fingerprint density at radius 3 is 3.05 bits per heavy atom. The van der Waals surface area contributed by atoms with Crippen LogP contribution in [-0.2, 0) is 6.54 Å². The fourth-order valence-corrected chi connectivity index (χ4v) is 3.31. The molecule has 2 aromatic heterocycles. The molecule has 3 heteroatoms. The molecule has 0 spiro atoms. The molecule has 0 amide bonds. The fraction of sp³-hybridized carbons (Fsp3) is 0.588. The van der Waals surface area contributed by atoms with Crippen molar-refractivity contribution in [2.45, 2.75) is 58.5 Å². The van der Waals surface area contributed by atoms with Gasteiger partial charge in [-0.1, -0.05) is 25.8 Å². The Bertz CT molecular complexity index is 573. The van der Waals surface area contributed by atoms with Gasteiger partial charge in [0.05, 0.1) is 11.4 Å². The van der Waals surface area contributed by atoms with Gasteiger partial charge in [-0.3, -0.25) is 0 Å². The first-order valence-electron chi connectivity index (χ1n) is 7.90. The molecule has 2 heterocycles. The van der Waals surface area contributed by atoms with Crippen molar-refractivity contribution in [2.24, 2.45) is 5.92 Å². The highest BCUT2D eigenvalue weighted by atomic mass is 15.0. The van der Waals surface area contributed by atoms with Crippen LogP contribution in [0.25, 0.3) is 5.65 Å². The first-order chi connectivity index (χ1) is 9.74. The third-order valence-corrected chi connectivity index (χ3v) is 4.64. The van der Waals surface area contributed by atoms with E-state index < -0.39 is 0 Å². The highest BCUT2D eigenvalue weighted by molar-refractivity contribution is 5.42. The van der Waals surface area contributed by atoms with Crippen LogP contribution in [0, 0.1) is 12.8 Å². The van der Waals surface area contributed by atoms with E-state index in [4.69, 9.17) is 0 Å². The molecule has 1 aliphatic rings. The molecule has 20 heavy (non-hydrogen) atoms. The first-order valence-corrected chi connectivity index (χ1v) is 7.90. The third-order valence-electron chi connectivity index (χ3n) is 4.64. The number of nitrogens with one attached hydrogen (secondary N) is 1. The van der Waals surface area contributed by atoms with Crippen molar-refractivity contribution in [1.29, 1.82) is 0 Å². The van der Waals surface area contributed by atoms with E-state index in [1.54, 1.807) is 0 Å². The van der Waals surface area contributed by atoms with E-state index >= 15 is 0 Å². The molecule has 3 nitrogen and oxygen atoms in total. The quantitative estimate of drug-likeness (QED) is 0.862. The van der Waals surface area contributed by atoms with Gasteiger partial charge in [0.15, 0.2) is 0 Å². The summed E-state index contributed by atoms with van der Waals surface area (Å²) in [6.45, 7) is 5.42. The predicted octanol–water partition coefficient (Wildman–Crippen LogP) is 3.70. The predicted molar refractivity (Wildman–Crippen MR) is 82.8 cm³/mol. The summed E-state index contributed by atoms with van der Waals surface area (Å²) in [5.74, 6) is 0.902. The molecule has 1 aliphatic carbocycles. The van der Waals surface area contributed by atoms with Crippen molar-refractivity contribution in [3.05, 3.63) is 35.8 Å². The lowest BCUT2D eigenvalue weighted by Gasteiger charge is -2.16. The molecule has 1 fully saturated rings. The number of hydrogen-bond donors (Lipinski definition) is 1. The molecule has 1 saturated carbocycles. The van der Waals surface area contributed by atoms with Gasteiger partial charge < -0.3 is 9.72 Å². The average Bonchev–Trinajstić information content (AvgIpc) is 2.61. The van der Waals surface area contributed by atoms with Crippen molar-refractivity contribution in [3.8, 4) is 0 Å². The van der Waals surface area contributed by atoms with Gasteiger partial charge in [-0.15, -0.1) is 0 Å². The number of pyridine rings is 1. The second kappa shape index (κ2) is 5.96. The molecule has 2 aromatic rings. The molecule has 108 valence electrons. The summed E-state index contributed by atoms with van der Waals surface area (Å²) in [5.41, 5.74) is 3.50. The number of aromatic nitrogens is 2. The van der Waals surface area contributed by atoms with Gasteiger partial charge >= 0.3 is 0 Å². The Kier molecular flexibility index (Phi) is 4.06. The van der Waals surface area contributed by atoms with Gasteiger partial charge in [0.1, 0.15) is 5.65 Å². The Balaban J connectivity index is 1.69. The highest BCUT2D eigenvalue weighted by Crippen LogP contribution is 2.23. The molecular formula is C17H25N3. The van der Waals surface area contributed by atoms with Crippen LogP contribution in [0.3, 0.4) is 0 Å². The maximum Gasteiger partial charge on any atom is 0.137 e. The van der Waals surface area contributed by atoms with Crippen molar-refractivity contribution in [1.82, 2.24) is 14.7 Å². The van der Waals surface area contributed by atoms with Gasteiger partial charge in [-0.2, -0.15) is 0 Å². The molecule has 2 unspecified atom stereocenters. The second-order valence-electron chi connectivity index (χ2n) is 6.26. The van der Waals surface area contributed by atoms with Crippen molar-refractivity contribution < 1.29 is 0 Å². The summed E-state index contributed by atoms with van der Waals surface area (Å²) in [6.07, 6.45) is 8.88. The van der Waals surface area contributed by atoms with E-state index in [0.29, 0.717) is 6.04 Å².